The second kappa shape index (κ2) is 10.5. The van der Waals surface area contributed by atoms with Gasteiger partial charge in [0.05, 0.1) is 6.54 Å². The summed E-state index contributed by atoms with van der Waals surface area (Å²) in [5.74, 6) is 2.78. The molecule has 220 valence electrons. The average molecular weight is 543 g/mol. The number of nitrogens with zero attached hydrogens (tertiary/aromatic N) is 1. The lowest BCUT2D eigenvalue weighted by molar-refractivity contribution is -0.157. The molecule has 3 saturated carbocycles. The van der Waals surface area contributed by atoms with Crippen molar-refractivity contribution in [1.82, 2.24) is 10.2 Å². The van der Waals surface area contributed by atoms with E-state index in [4.69, 9.17) is 9.47 Å². The van der Waals surface area contributed by atoms with Crippen LogP contribution in [0.2, 0.25) is 0 Å². The predicted molar refractivity (Wildman–Crippen MR) is 154 cm³/mol. The molecule has 1 spiro atoms. The van der Waals surface area contributed by atoms with E-state index in [1.54, 1.807) is 0 Å². The maximum absolute atomic E-state index is 13.2. The first-order valence-corrected chi connectivity index (χ1v) is 15.8. The van der Waals surface area contributed by atoms with Gasteiger partial charge in [0.25, 0.3) is 0 Å². The van der Waals surface area contributed by atoms with Crippen LogP contribution in [0.15, 0.2) is 11.6 Å². The maximum atomic E-state index is 13.2. The molecule has 0 bridgehead atoms. The van der Waals surface area contributed by atoms with Crippen LogP contribution in [0.5, 0.6) is 0 Å². The SMILES string of the molecule is CC(C)C(NCC(=O)OC(C)(C)C)C(=O)OC1CCC2(C)C(=CCC3C2CCC24CN(C)C(C)C2CCC34)C1. The molecule has 4 fully saturated rings. The average Bonchev–Trinajstić information content (AvgIpc) is 3.31. The van der Waals surface area contributed by atoms with Crippen LogP contribution in [0.1, 0.15) is 99.8 Å². The van der Waals surface area contributed by atoms with E-state index in [0.29, 0.717) is 5.41 Å². The van der Waals surface area contributed by atoms with Crippen molar-refractivity contribution in [2.24, 2.45) is 40.4 Å². The lowest BCUT2D eigenvalue weighted by atomic mass is 9.47. The first-order valence-electron chi connectivity index (χ1n) is 15.8. The van der Waals surface area contributed by atoms with E-state index >= 15 is 0 Å². The fraction of sp³-hybridized carbons (Fsp3) is 0.879. The lowest BCUT2D eigenvalue weighted by Gasteiger charge is -2.58. The summed E-state index contributed by atoms with van der Waals surface area (Å²) in [5, 5.41) is 3.11. The van der Waals surface area contributed by atoms with Gasteiger partial charge < -0.3 is 14.4 Å². The Labute approximate surface area is 237 Å². The number of fused-ring (bicyclic) bond motifs is 4. The standard InChI is InChI=1S/C33H54N2O4/c1-20(2)29(34-18-28(36)39-31(4,5)6)30(37)38-23-13-15-32(7)22(17-23)9-10-24-26(32)14-16-33-19-35(8)21(3)25(33)11-12-27(24)33/h9,20-21,23-27,29,34H,10-19H2,1-8H3. The minimum atomic E-state index is -0.543. The molecule has 0 amide bonds. The van der Waals surface area contributed by atoms with Gasteiger partial charge in [-0.15, -0.1) is 0 Å². The topological polar surface area (TPSA) is 67.9 Å². The van der Waals surface area contributed by atoms with Crippen LogP contribution in [0.3, 0.4) is 0 Å². The molecule has 0 aromatic heterocycles. The normalized spacial score (nSPS) is 40.7. The van der Waals surface area contributed by atoms with Crippen molar-refractivity contribution in [3.8, 4) is 0 Å². The smallest absolute Gasteiger partial charge is 0.323 e. The van der Waals surface area contributed by atoms with Crippen molar-refractivity contribution >= 4 is 11.9 Å². The molecule has 1 N–H and O–H groups in total. The zero-order valence-electron chi connectivity index (χ0n) is 25.8. The molecule has 1 heterocycles. The Morgan fingerprint density at radius 3 is 2.51 bits per heavy atom. The van der Waals surface area contributed by atoms with Gasteiger partial charge in [0.2, 0.25) is 0 Å². The van der Waals surface area contributed by atoms with Crippen molar-refractivity contribution in [3.63, 3.8) is 0 Å². The quantitative estimate of drug-likeness (QED) is 0.341. The molecule has 6 heteroatoms. The predicted octanol–water partition coefficient (Wildman–Crippen LogP) is 5.75. The molecule has 5 aliphatic rings. The van der Waals surface area contributed by atoms with Gasteiger partial charge in [0, 0.05) is 19.0 Å². The molecule has 9 atom stereocenters. The van der Waals surface area contributed by atoms with E-state index in [2.05, 4.69) is 37.2 Å². The third-order valence-corrected chi connectivity index (χ3v) is 11.8. The molecule has 0 radical (unpaired) electrons. The Bertz CT molecular complexity index is 985. The summed E-state index contributed by atoms with van der Waals surface area (Å²) in [6, 6.07) is 0.211. The summed E-state index contributed by atoms with van der Waals surface area (Å²) in [7, 11) is 2.35. The third-order valence-electron chi connectivity index (χ3n) is 11.8. The molecular weight excluding hydrogens is 488 g/mol. The molecule has 1 aliphatic heterocycles. The van der Waals surface area contributed by atoms with E-state index in [0.717, 1.165) is 49.0 Å². The summed E-state index contributed by atoms with van der Waals surface area (Å²) in [6.07, 6.45) is 12.2. The van der Waals surface area contributed by atoms with E-state index in [1.807, 2.05) is 34.6 Å². The first-order chi connectivity index (χ1) is 18.2. The van der Waals surface area contributed by atoms with Gasteiger partial charge >= 0.3 is 11.9 Å². The summed E-state index contributed by atoms with van der Waals surface area (Å²) in [6.45, 7) is 15.8. The van der Waals surface area contributed by atoms with E-state index in [9.17, 15) is 9.59 Å². The Morgan fingerprint density at radius 2 is 1.82 bits per heavy atom. The molecular formula is C33H54N2O4. The second-order valence-electron chi connectivity index (χ2n) is 15.4. The number of carbonyl (C=O) groups is 2. The van der Waals surface area contributed by atoms with Crippen LogP contribution >= 0.6 is 0 Å². The van der Waals surface area contributed by atoms with E-state index in [1.165, 1.54) is 44.2 Å². The number of esters is 2. The van der Waals surface area contributed by atoms with E-state index in [-0.39, 0.29) is 35.9 Å². The highest BCUT2D eigenvalue weighted by Crippen LogP contribution is 2.68. The molecule has 0 aromatic rings. The number of rotatable bonds is 6. The van der Waals surface area contributed by atoms with Crippen molar-refractivity contribution in [1.29, 1.82) is 0 Å². The van der Waals surface area contributed by atoms with Crippen LogP contribution in [-0.4, -0.2) is 60.8 Å². The number of allylic oxidation sites excluding steroid dienone is 1. The highest BCUT2D eigenvalue weighted by atomic mass is 16.6. The zero-order chi connectivity index (χ0) is 28.3. The maximum Gasteiger partial charge on any atom is 0.323 e. The molecule has 1 saturated heterocycles. The minimum Gasteiger partial charge on any atom is -0.461 e. The van der Waals surface area contributed by atoms with Gasteiger partial charge in [-0.2, -0.15) is 0 Å². The third kappa shape index (κ3) is 5.22. The Morgan fingerprint density at radius 1 is 1.10 bits per heavy atom. The van der Waals surface area contributed by atoms with Gasteiger partial charge in [0.15, 0.2) is 0 Å². The highest BCUT2D eigenvalue weighted by Gasteiger charge is 2.64. The van der Waals surface area contributed by atoms with Crippen molar-refractivity contribution in [3.05, 3.63) is 11.6 Å². The van der Waals surface area contributed by atoms with Crippen LogP contribution in [-0.2, 0) is 19.1 Å². The van der Waals surface area contributed by atoms with Crippen LogP contribution in [0.4, 0.5) is 0 Å². The van der Waals surface area contributed by atoms with E-state index < -0.39 is 11.6 Å². The number of carbonyl (C=O) groups excluding carboxylic acids is 2. The van der Waals surface area contributed by atoms with Crippen molar-refractivity contribution < 1.29 is 19.1 Å². The molecule has 9 unspecified atom stereocenters. The Kier molecular flexibility index (Phi) is 7.80. The molecule has 5 rings (SSSR count). The Balaban J connectivity index is 1.22. The summed E-state index contributed by atoms with van der Waals surface area (Å²) in [4.78, 5) is 28.1. The molecule has 4 aliphatic carbocycles. The van der Waals surface area contributed by atoms with Gasteiger partial charge in [-0.3, -0.25) is 14.9 Å². The lowest BCUT2D eigenvalue weighted by Crippen LogP contribution is -2.52. The van der Waals surface area contributed by atoms with Gasteiger partial charge in [0.1, 0.15) is 17.7 Å². The van der Waals surface area contributed by atoms with Gasteiger partial charge in [-0.25, -0.2) is 0 Å². The summed E-state index contributed by atoms with van der Waals surface area (Å²) < 4.78 is 11.5. The van der Waals surface area contributed by atoms with Crippen LogP contribution in [0.25, 0.3) is 0 Å². The van der Waals surface area contributed by atoms with Gasteiger partial charge in [-0.05, 0) is 120 Å². The Hall–Kier alpha value is -1.40. The number of likely N-dealkylation sites (tertiary alicyclic amines) is 1. The van der Waals surface area contributed by atoms with Crippen LogP contribution in [0, 0.1) is 40.4 Å². The summed E-state index contributed by atoms with van der Waals surface area (Å²) >= 11 is 0. The van der Waals surface area contributed by atoms with Crippen molar-refractivity contribution in [2.45, 2.75) is 124 Å². The fourth-order valence-electron chi connectivity index (χ4n) is 9.93. The second-order valence-corrected chi connectivity index (χ2v) is 15.4. The highest BCUT2D eigenvalue weighted by molar-refractivity contribution is 5.78. The van der Waals surface area contributed by atoms with Gasteiger partial charge in [-0.1, -0.05) is 32.4 Å². The van der Waals surface area contributed by atoms with Crippen molar-refractivity contribution in [2.75, 3.05) is 20.1 Å². The monoisotopic (exact) mass is 542 g/mol. The molecule has 39 heavy (non-hydrogen) atoms. The number of hydrogen-bond donors (Lipinski definition) is 1. The molecule has 6 nitrogen and oxygen atoms in total. The zero-order valence-corrected chi connectivity index (χ0v) is 25.8. The summed E-state index contributed by atoms with van der Waals surface area (Å²) in [5.41, 5.74) is 1.80. The largest absolute Gasteiger partial charge is 0.461 e. The van der Waals surface area contributed by atoms with Crippen LogP contribution < -0.4 is 5.32 Å². The molecule has 0 aromatic carbocycles. The first kappa shape index (κ1) is 29.1. The fourth-order valence-corrected chi connectivity index (χ4v) is 9.93. The number of hydrogen-bond acceptors (Lipinski definition) is 6. The number of ether oxygens (including phenoxy) is 2. The minimum absolute atomic E-state index is 0.00423. The number of nitrogens with one attached hydrogen (secondary N) is 1.